The minimum atomic E-state index is -0.608. The first-order valence-electron chi connectivity index (χ1n) is 6.61. The normalized spacial score (nSPS) is 11.3. The molecule has 0 N–H and O–H groups in total. The molecule has 0 aliphatic heterocycles. The summed E-state index contributed by atoms with van der Waals surface area (Å²) in [5.74, 6) is 0.432. The lowest BCUT2D eigenvalue weighted by Gasteiger charge is -2.22. The molecule has 0 aliphatic carbocycles. The lowest BCUT2D eigenvalue weighted by atomic mass is 10.2. The summed E-state index contributed by atoms with van der Waals surface area (Å²) in [4.78, 5) is 13.9. The van der Waals surface area contributed by atoms with Crippen molar-refractivity contribution in [1.29, 1.82) is 5.26 Å². The molecule has 106 valence electrons. The Balaban J connectivity index is 2.03. The minimum Gasteiger partial charge on any atom is -0.481 e. The number of para-hydroxylation sites is 1. The standard InChI is InChI=1S/C17H16N2O2/c1-13(21-16-10-8-14(12-18)9-11-16)17(20)19(2)15-6-4-3-5-7-15/h3-11,13H,1-2H3/t13-/m1/s1. The minimum absolute atomic E-state index is 0.134. The molecule has 0 radical (unpaired) electrons. The van der Waals surface area contributed by atoms with Crippen molar-refractivity contribution >= 4 is 11.6 Å². The van der Waals surface area contributed by atoms with Gasteiger partial charge in [0.25, 0.3) is 5.91 Å². The van der Waals surface area contributed by atoms with Gasteiger partial charge in [-0.3, -0.25) is 4.79 Å². The third-order valence-electron chi connectivity index (χ3n) is 3.12. The number of benzene rings is 2. The van der Waals surface area contributed by atoms with Crippen LogP contribution in [0.3, 0.4) is 0 Å². The number of carbonyl (C=O) groups is 1. The second-order valence-corrected chi connectivity index (χ2v) is 4.63. The first-order valence-corrected chi connectivity index (χ1v) is 6.61. The molecule has 1 atom stereocenters. The predicted octanol–water partition coefficient (Wildman–Crippen LogP) is 2.99. The third-order valence-corrected chi connectivity index (χ3v) is 3.12. The van der Waals surface area contributed by atoms with Gasteiger partial charge in [0.2, 0.25) is 0 Å². The largest absolute Gasteiger partial charge is 0.481 e. The summed E-state index contributed by atoms with van der Waals surface area (Å²) in [6, 6.07) is 18.1. The van der Waals surface area contributed by atoms with E-state index >= 15 is 0 Å². The van der Waals surface area contributed by atoms with Gasteiger partial charge < -0.3 is 9.64 Å². The van der Waals surface area contributed by atoms with Gasteiger partial charge in [-0.1, -0.05) is 18.2 Å². The zero-order chi connectivity index (χ0) is 15.2. The van der Waals surface area contributed by atoms with Crippen LogP contribution in [-0.4, -0.2) is 19.1 Å². The van der Waals surface area contributed by atoms with Crippen LogP contribution in [0.25, 0.3) is 0 Å². The van der Waals surface area contributed by atoms with Gasteiger partial charge in [0.05, 0.1) is 11.6 Å². The summed E-state index contributed by atoms with van der Waals surface area (Å²) in [5.41, 5.74) is 1.38. The molecule has 0 saturated heterocycles. The number of anilines is 1. The maximum Gasteiger partial charge on any atom is 0.267 e. The van der Waals surface area contributed by atoms with Crippen LogP contribution >= 0.6 is 0 Å². The summed E-state index contributed by atoms with van der Waals surface area (Å²) in [5, 5.41) is 8.75. The van der Waals surface area contributed by atoms with Crippen LogP contribution in [0, 0.1) is 11.3 Å². The highest BCUT2D eigenvalue weighted by Gasteiger charge is 2.20. The molecule has 2 aromatic rings. The van der Waals surface area contributed by atoms with E-state index in [9.17, 15) is 4.79 Å². The number of hydrogen-bond donors (Lipinski definition) is 0. The Morgan fingerprint density at radius 1 is 1.14 bits per heavy atom. The number of ether oxygens (including phenoxy) is 1. The van der Waals surface area contributed by atoms with E-state index in [4.69, 9.17) is 10.00 Å². The Hall–Kier alpha value is -2.80. The highest BCUT2D eigenvalue weighted by molar-refractivity contribution is 5.95. The predicted molar refractivity (Wildman–Crippen MR) is 81.1 cm³/mol. The van der Waals surface area contributed by atoms with Crippen molar-refractivity contribution in [3.05, 3.63) is 60.2 Å². The Morgan fingerprint density at radius 2 is 1.76 bits per heavy atom. The molecule has 21 heavy (non-hydrogen) atoms. The zero-order valence-electron chi connectivity index (χ0n) is 12.0. The Labute approximate surface area is 124 Å². The number of hydrogen-bond acceptors (Lipinski definition) is 3. The van der Waals surface area contributed by atoms with Crippen LogP contribution in [0.15, 0.2) is 54.6 Å². The van der Waals surface area contributed by atoms with Crippen molar-refractivity contribution in [2.45, 2.75) is 13.0 Å². The van der Waals surface area contributed by atoms with Gasteiger partial charge in [0.1, 0.15) is 5.75 Å². The van der Waals surface area contributed by atoms with E-state index in [-0.39, 0.29) is 5.91 Å². The van der Waals surface area contributed by atoms with Gasteiger partial charge in [-0.25, -0.2) is 0 Å². The number of nitriles is 1. The smallest absolute Gasteiger partial charge is 0.267 e. The summed E-state index contributed by atoms with van der Waals surface area (Å²) >= 11 is 0. The van der Waals surface area contributed by atoms with Crippen molar-refractivity contribution in [2.24, 2.45) is 0 Å². The average molecular weight is 280 g/mol. The van der Waals surface area contributed by atoms with Crippen LogP contribution in [0.2, 0.25) is 0 Å². The van der Waals surface area contributed by atoms with Crippen molar-refractivity contribution in [2.75, 3.05) is 11.9 Å². The Bertz CT molecular complexity index is 645. The van der Waals surface area contributed by atoms with E-state index in [2.05, 4.69) is 0 Å². The van der Waals surface area contributed by atoms with Crippen molar-refractivity contribution < 1.29 is 9.53 Å². The number of nitrogens with zero attached hydrogens (tertiary/aromatic N) is 2. The van der Waals surface area contributed by atoms with E-state index in [1.807, 2.05) is 36.4 Å². The fraction of sp³-hybridized carbons (Fsp3) is 0.176. The van der Waals surface area contributed by atoms with Crippen LogP contribution in [0.1, 0.15) is 12.5 Å². The van der Waals surface area contributed by atoms with Crippen LogP contribution < -0.4 is 9.64 Å². The second kappa shape index (κ2) is 6.58. The van der Waals surface area contributed by atoms with Gasteiger partial charge >= 0.3 is 0 Å². The number of amides is 1. The Morgan fingerprint density at radius 3 is 2.33 bits per heavy atom. The molecule has 0 aliphatic rings. The van der Waals surface area contributed by atoms with E-state index in [1.165, 1.54) is 0 Å². The molecule has 2 aromatic carbocycles. The topological polar surface area (TPSA) is 53.3 Å². The molecule has 4 nitrogen and oxygen atoms in total. The maximum absolute atomic E-state index is 12.3. The number of rotatable bonds is 4. The SMILES string of the molecule is C[C@@H](Oc1ccc(C#N)cc1)C(=O)N(C)c1ccccc1. The molecule has 0 fully saturated rings. The molecule has 0 saturated carbocycles. The average Bonchev–Trinajstić information content (AvgIpc) is 2.55. The van der Waals surface area contributed by atoms with Crippen molar-refractivity contribution in [3.63, 3.8) is 0 Å². The van der Waals surface area contributed by atoms with Crippen molar-refractivity contribution in [1.82, 2.24) is 0 Å². The second-order valence-electron chi connectivity index (χ2n) is 4.63. The fourth-order valence-corrected chi connectivity index (χ4v) is 1.91. The Kier molecular flexibility index (Phi) is 4.57. The third kappa shape index (κ3) is 3.61. The summed E-state index contributed by atoms with van der Waals surface area (Å²) in [6.07, 6.45) is -0.608. The molecule has 2 rings (SSSR count). The molecule has 0 unspecified atom stereocenters. The first-order chi connectivity index (χ1) is 10.1. The van der Waals surface area contributed by atoms with Crippen molar-refractivity contribution in [3.8, 4) is 11.8 Å². The molecule has 0 spiro atoms. The summed E-state index contributed by atoms with van der Waals surface area (Å²) in [6.45, 7) is 1.71. The molecular formula is C17H16N2O2. The lowest BCUT2D eigenvalue weighted by Crippen LogP contribution is -2.37. The van der Waals surface area contributed by atoms with Gasteiger partial charge in [0, 0.05) is 12.7 Å². The molecule has 0 bridgehead atoms. The number of likely N-dealkylation sites (N-methyl/N-ethyl adjacent to an activating group) is 1. The van der Waals surface area contributed by atoms with Crippen LogP contribution in [0.5, 0.6) is 5.75 Å². The molecular weight excluding hydrogens is 264 g/mol. The lowest BCUT2D eigenvalue weighted by molar-refractivity contribution is -0.124. The summed E-state index contributed by atoms with van der Waals surface area (Å²) in [7, 11) is 1.72. The zero-order valence-corrected chi connectivity index (χ0v) is 12.0. The van der Waals surface area contributed by atoms with E-state index < -0.39 is 6.10 Å². The molecule has 4 heteroatoms. The number of carbonyl (C=O) groups excluding carboxylic acids is 1. The van der Waals surface area contributed by atoms with E-state index in [0.717, 1.165) is 5.69 Å². The van der Waals surface area contributed by atoms with Gasteiger partial charge in [-0.05, 0) is 43.3 Å². The highest BCUT2D eigenvalue weighted by Crippen LogP contribution is 2.17. The van der Waals surface area contributed by atoms with Crippen LogP contribution in [-0.2, 0) is 4.79 Å². The summed E-state index contributed by atoms with van der Waals surface area (Å²) < 4.78 is 5.62. The molecule has 1 amide bonds. The van der Waals surface area contributed by atoms with Gasteiger partial charge in [0.15, 0.2) is 6.10 Å². The molecule has 0 aromatic heterocycles. The van der Waals surface area contributed by atoms with E-state index in [1.54, 1.807) is 43.1 Å². The maximum atomic E-state index is 12.3. The quantitative estimate of drug-likeness (QED) is 0.865. The first kappa shape index (κ1) is 14.6. The highest BCUT2D eigenvalue weighted by atomic mass is 16.5. The van der Waals surface area contributed by atoms with Gasteiger partial charge in [-0.2, -0.15) is 5.26 Å². The van der Waals surface area contributed by atoms with E-state index in [0.29, 0.717) is 11.3 Å². The monoisotopic (exact) mass is 280 g/mol. The molecule has 0 heterocycles. The van der Waals surface area contributed by atoms with Crippen LogP contribution in [0.4, 0.5) is 5.69 Å². The van der Waals surface area contributed by atoms with Gasteiger partial charge in [-0.15, -0.1) is 0 Å². The fourth-order valence-electron chi connectivity index (χ4n) is 1.91.